The van der Waals surface area contributed by atoms with E-state index in [4.69, 9.17) is 5.73 Å². The van der Waals surface area contributed by atoms with Crippen molar-refractivity contribution >= 4 is 15.9 Å². The first kappa shape index (κ1) is 12.5. The van der Waals surface area contributed by atoms with Crippen LogP contribution in [0.1, 0.15) is 5.56 Å². The lowest BCUT2D eigenvalue weighted by Gasteiger charge is -2.07. The summed E-state index contributed by atoms with van der Waals surface area (Å²) in [7, 11) is -2.19. The highest BCUT2D eigenvalue weighted by Crippen LogP contribution is 2.14. The Hall–Kier alpha value is -1.55. The number of anilines is 1. The zero-order chi connectivity index (χ0) is 12.0. The molecule has 0 radical (unpaired) electrons. The molecule has 4 N–H and O–H groups in total. The van der Waals surface area contributed by atoms with Crippen LogP contribution in [0.5, 0.6) is 0 Å². The zero-order valence-corrected chi connectivity index (χ0v) is 9.64. The van der Waals surface area contributed by atoms with Crippen molar-refractivity contribution in [1.82, 2.24) is 4.72 Å². The van der Waals surface area contributed by atoms with Crippen LogP contribution in [-0.4, -0.2) is 22.0 Å². The minimum atomic E-state index is -3.52. The van der Waals surface area contributed by atoms with Crippen LogP contribution in [0.15, 0.2) is 24.3 Å². The van der Waals surface area contributed by atoms with E-state index >= 15 is 0 Å². The third kappa shape index (κ3) is 3.55. The van der Waals surface area contributed by atoms with Gasteiger partial charge in [-0.25, -0.2) is 4.72 Å². The molecule has 0 saturated carbocycles. The summed E-state index contributed by atoms with van der Waals surface area (Å²) in [4.78, 5) is 0. The first-order chi connectivity index (χ1) is 7.59. The van der Waals surface area contributed by atoms with Crippen LogP contribution in [0.3, 0.4) is 0 Å². The summed E-state index contributed by atoms with van der Waals surface area (Å²) in [6.45, 7) is 0.229. The average molecular weight is 239 g/mol. The van der Waals surface area contributed by atoms with Gasteiger partial charge in [-0.3, -0.25) is 4.72 Å². The number of nitrogens with two attached hydrogens (primary N) is 1. The van der Waals surface area contributed by atoms with Gasteiger partial charge < -0.3 is 5.73 Å². The quantitative estimate of drug-likeness (QED) is 0.643. The standard InChI is InChI=1S/C10H13N3O2S/c1-12-16(14,15)13-10-7-3-2-5-9(10)6-4-8-11/h2-3,5,7,12-13H,8,11H2,1H3. The van der Waals surface area contributed by atoms with Gasteiger partial charge in [0.1, 0.15) is 0 Å². The maximum atomic E-state index is 11.3. The van der Waals surface area contributed by atoms with E-state index in [9.17, 15) is 8.42 Å². The first-order valence-corrected chi connectivity index (χ1v) is 6.06. The van der Waals surface area contributed by atoms with Gasteiger partial charge in [-0.1, -0.05) is 24.0 Å². The molecule has 0 fully saturated rings. The summed E-state index contributed by atoms with van der Waals surface area (Å²) < 4.78 is 27.1. The van der Waals surface area contributed by atoms with E-state index in [0.717, 1.165) is 0 Å². The van der Waals surface area contributed by atoms with E-state index in [1.54, 1.807) is 24.3 Å². The highest BCUT2D eigenvalue weighted by molar-refractivity contribution is 7.90. The number of benzene rings is 1. The molecule has 0 unspecified atom stereocenters. The van der Waals surface area contributed by atoms with Crippen LogP contribution >= 0.6 is 0 Å². The SMILES string of the molecule is CNS(=O)(=O)Nc1ccccc1C#CCN. The van der Waals surface area contributed by atoms with Crippen LogP contribution in [0, 0.1) is 11.8 Å². The molecule has 1 aromatic carbocycles. The fourth-order valence-electron chi connectivity index (χ4n) is 1.02. The minimum Gasteiger partial charge on any atom is -0.320 e. The highest BCUT2D eigenvalue weighted by Gasteiger charge is 2.08. The van der Waals surface area contributed by atoms with Gasteiger partial charge in [0.2, 0.25) is 0 Å². The smallest absolute Gasteiger partial charge is 0.298 e. The number of hydrogen-bond donors (Lipinski definition) is 3. The molecule has 0 amide bonds. The number of rotatable bonds is 3. The molecule has 0 bridgehead atoms. The second-order valence-electron chi connectivity index (χ2n) is 2.86. The van der Waals surface area contributed by atoms with Crippen molar-refractivity contribution in [2.45, 2.75) is 0 Å². The van der Waals surface area contributed by atoms with E-state index in [0.29, 0.717) is 11.3 Å². The third-order valence-electron chi connectivity index (χ3n) is 1.77. The molecule has 6 heteroatoms. The van der Waals surface area contributed by atoms with Gasteiger partial charge in [0, 0.05) is 12.6 Å². The maximum Gasteiger partial charge on any atom is 0.298 e. The Morgan fingerprint density at radius 2 is 2.06 bits per heavy atom. The lowest BCUT2D eigenvalue weighted by atomic mass is 10.2. The van der Waals surface area contributed by atoms with Gasteiger partial charge in [-0.05, 0) is 12.1 Å². The summed E-state index contributed by atoms with van der Waals surface area (Å²) in [5.74, 6) is 5.46. The van der Waals surface area contributed by atoms with Gasteiger partial charge >= 0.3 is 0 Å². The van der Waals surface area contributed by atoms with Gasteiger partial charge in [0.25, 0.3) is 10.2 Å². The van der Waals surface area contributed by atoms with Crippen LogP contribution < -0.4 is 15.2 Å². The van der Waals surface area contributed by atoms with Crippen LogP contribution in [-0.2, 0) is 10.2 Å². The number of para-hydroxylation sites is 1. The van der Waals surface area contributed by atoms with Gasteiger partial charge in [-0.2, -0.15) is 8.42 Å². The van der Waals surface area contributed by atoms with E-state index in [-0.39, 0.29) is 6.54 Å². The second-order valence-corrected chi connectivity index (χ2v) is 4.48. The highest BCUT2D eigenvalue weighted by atomic mass is 32.2. The fraction of sp³-hybridized carbons (Fsp3) is 0.200. The molecular weight excluding hydrogens is 226 g/mol. The Labute approximate surface area is 95.2 Å². The molecule has 0 heterocycles. The summed E-state index contributed by atoms with van der Waals surface area (Å²) in [6, 6.07) is 6.85. The van der Waals surface area contributed by atoms with E-state index in [1.807, 2.05) is 0 Å². The summed E-state index contributed by atoms with van der Waals surface area (Å²) >= 11 is 0. The molecule has 5 nitrogen and oxygen atoms in total. The molecule has 1 rings (SSSR count). The molecule has 16 heavy (non-hydrogen) atoms. The van der Waals surface area contributed by atoms with Crippen molar-refractivity contribution in [1.29, 1.82) is 0 Å². The average Bonchev–Trinajstić information content (AvgIpc) is 2.27. The minimum absolute atomic E-state index is 0.229. The van der Waals surface area contributed by atoms with Gasteiger partial charge in [0.05, 0.1) is 12.2 Å². The van der Waals surface area contributed by atoms with Crippen molar-refractivity contribution < 1.29 is 8.42 Å². The number of nitrogens with one attached hydrogen (secondary N) is 2. The monoisotopic (exact) mass is 239 g/mol. The topological polar surface area (TPSA) is 84.2 Å². The Balaban J connectivity index is 3.05. The Kier molecular flexibility index (Phi) is 4.31. The molecule has 0 spiro atoms. The molecular formula is C10H13N3O2S. The van der Waals surface area contributed by atoms with E-state index < -0.39 is 10.2 Å². The van der Waals surface area contributed by atoms with Crippen LogP contribution in [0.4, 0.5) is 5.69 Å². The molecule has 0 aliphatic rings. The lowest BCUT2D eigenvalue weighted by molar-refractivity contribution is 0.593. The van der Waals surface area contributed by atoms with Crippen molar-refractivity contribution in [3.05, 3.63) is 29.8 Å². The molecule has 0 atom stereocenters. The molecule has 0 saturated heterocycles. The third-order valence-corrected chi connectivity index (χ3v) is 2.79. The van der Waals surface area contributed by atoms with Crippen molar-refractivity contribution in [3.63, 3.8) is 0 Å². The largest absolute Gasteiger partial charge is 0.320 e. The van der Waals surface area contributed by atoms with Crippen molar-refractivity contribution in [3.8, 4) is 11.8 Å². The predicted molar refractivity (Wildman–Crippen MR) is 64.0 cm³/mol. The molecule has 0 aliphatic heterocycles. The van der Waals surface area contributed by atoms with Gasteiger partial charge in [0.15, 0.2) is 0 Å². The van der Waals surface area contributed by atoms with E-state index in [2.05, 4.69) is 21.3 Å². The van der Waals surface area contributed by atoms with Crippen LogP contribution in [0.25, 0.3) is 0 Å². The fourth-order valence-corrected chi connectivity index (χ4v) is 1.59. The molecule has 1 aromatic rings. The Morgan fingerprint density at radius 1 is 1.38 bits per heavy atom. The second kappa shape index (κ2) is 5.51. The summed E-state index contributed by atoms with van der Waals surface area (Å²) in [5.41, 5.74) is 6.27. The van der Waals surface area contributed by atoms with E-state index in [1.165, 1.54) is 7.05 Å². The lowest BCUT2D eigenvalue weighted by Crippen LogP contribution is -2.26. The maximum absolute atomic E-state index is 11.3. The Morgan fingerprint density at radius 3 is 2.69 bits per heavy atom. The molecule has 0 aromatic heterocycles. The summed E-state index contributed by atoms with van der Waals surface area (Å²) in [6.07, 6.45) is 0. The van der Waals surface area contributed by atoms with Crippen molar-refractivity contribution in [2.75, 3.05) is 18.3 Å². The normalized spacial score (nSPS) is 10.4. The first-order valence-electron chi connectivity index (χ1n) is 4.58. The molecule has 86 valence electrons. The Bertz CT molecular complexity index is 514. The van der Waals surface area contributed by atoms with Crippen LogP contribution in [0.2, 0.25) is 0 Å². The predicted octanol–water partition coefficient (Wildman–Crippen LogP) is -0.127. The van der Waals surface area contributed by atoms with Gasteiger partial charge in [-0.15, -0.1) is 0 Å². The molecule has 0 aliphatic carbocycles. The summed E-state index contributed by atoms with van der Waals surface area (Å²) in [5, 5.41) is 0. The number of hydrogen-bond acceptors (Lipinski definition) is 3. The van der Waals surface area contributed by atoms with Crippen molar-refractivity contribution in [2.24, 2.45) is 5.73 Å². The zero-order valence-electron chi connectivity index (χ0n) is 8.82.